The molecule has 0 unspecified atom stereocenters. The summed E-state index contributed by atoms with van der Waals surface area (Å²) in [6.45, 7) is 2.25. The Hall–Kier alpha value is -1.97. The van der Waals surface area contributed by atoms with E-state index in [0.29, 0.717) is 13.0 Å². The van der Waals surface area contributed by atoms with Gasteiger partial charge in [0.05, 0.1) is 15.5 Å². The van der Waals surface area contributed by atoms with Crippen molar-refractivity contribution in [2.24, 2.45) is 0 Å². The number of sulfonamides is 2. The summed E-state index contributed by atoms with van der Waals surface area (Å²) in [5.41, 5.74) is 0.0997. The minimum absolute atomic E-state index is 0.0390. The molecule has 0 fully saturated rings. The van der Waals surface area contributed by atoms with E-state index < -0.39 is 25.9 Å². The standard InChI is InChI=1S/C16H19FN2O4S2/c1-2-3-11-18-24(20,21)16-6-4-5-14(12-16)19-25(22,23)15-9-7-13(17)8-10-15/h4-10,12,18-19H,2-3,11H2,1H3. The monoisotopic (exact) mass is 386 g/mol. The van der Waals surface area contributed by atoms with E-state index in [-0.39, 0.29) is 15.5 Å². The summed E-state index contributed by atoms with van der Waals surface area (Å²) in [5, 5.41) is 0. The zero-order valence-corrected chi connectivity index (χ0v) is 15.2. The highest BCUT2D eigenvalue weighted by Crippen LogP contribution is 2.19. The Bertz CT molecular complexity index is 927. The van der Waals surface area contributed by atoms with E-state index >= 15 is 0 Å². The lowest BCUT2D eigenvalue weighted by Gasteiger charge is -2.10. The van der Waals surface area contributed by atoms with Crippen molar-refractivity contribution < 1.29 is 21.2 Å². The SMILES string of the molecule is CCCCNS(=O)(=O)c1cccc(NS(=O)(=O)c2ccc(F)cc2)c1. The molecule has 136 valence electrons. The topological polar surface area (TPSA) is 92.3 Å². The van der Waals surface area contributed by atoms with Crippen molar-refractivity contribution in [2.75, 3.05) is 11.3 Å². The molecule has 0 saturated heterocycles. The molecule has 9 heteroatoms. The first-order valence-corrected chi connectivity index (χ1v) is 10.6. The second-order valence-corrected chi connectivity index (χ2v) is 8.79. The van der Waals surface area contributed by atoms with Crippen LogP contribution in [0, 0.1) is 5.82 Å². The molecule has 2 aromatic carbocycles. The molecule has 0 radical (unpaired) electrons. The van der Waals surface area contributed by atoms with Gasteiger partial charge in [-0.1, -0.05) is 19.4 Å². The number of hydrogen-bond donors (Lipinski definition) is 2. The van der Waals surface area contributed by atoms with E-state index in [9.17, 15) is 21.2 Å². The maximum atomic E-state index is 12.9. The minimum Gasteiger partial charge on any atom is -0.280 e. The molecule has 0 spiro atoms. The third-order valence-corrected chi connectivity index (χ3v) is 6.20. The Morgan fingerprint density at radius 2 is 1.60 bits per heavy atom. The maximum absolute atomic E-state index is 12.9. The molecule has 0 aliphatic heterocycles. The third-order valence-electron chi connectivity index (χ3n) is 3.34. The second kappa shape index (κ2) is 7.94. The van der Waals surface area contributed by atoms with Crippen molar-refractivity contribution in [3.63, 3.8) is 0 Å². The van der Waals surface area contributed by atoms with Gasteiger partial charge < -0.3 is 0 Å². The molecule has 0 aromatic heterocycles. The zero-order chi connectivity index (χ0) is 18.5. The van der Waals surface area contributed by atoms with E-state index in [1.54, 1.807) is 0 Å². The maximum Gasteiger partial charge on any atom is 0.261 e. The molecular formula is C16H19FN2O4S2. The highest BCUT2D eigenvalue weighted by molar-refractivity contribution is 7.92. The first kappa shape index (κ1) is 19.4. The number of hydrogen-bond acceptors (Lipinski definition) is 4. The van der Waals surface area contributed by atoms with Crippen LogP contribution in [0.5, 0.6) is 0 Å². The average Bonchev–Trinajstić information content (AvgIpc) is 2.55. The molecule has 6 nitrogen and oxygen atoms in total. The van der Waals surface area contributed by atoms with E-state index in [0.717, 1.165) is 30.7 Å². The lowest BCUT2D eigenvalue weighted by atomic mass is 10.3. The van der Waals surface area contributed by atoms with Crippen molar-refractivity contribution >= 4 is 25.7 Å². The summed E-state index contributed by atoms with van der Waals surface area (Å²) in [7, 11) is -7.66. The Balaban J connectivity index is 2.22. The number of benzene rings is 2. The van der Waals surface area contributed by atoms with Gasteiger partial charge in [0, 0.05) is 6.54 Å². The molecule has 0 saturated carbocycles. The highest BCUT2D eigenvalue weighted by Gasteiger charge is 2.17. The van der Waals surface area contributed by atoms with Gasteiger partial charge in [-0.25, -0.2) is 25.9 Å². The van der Waals surface area contributed by atoms with Crippen LogP contribution in [0.4, 0.5) is 10.1 Å². The Morgan fingerprint density at radius 1 is 0.920 bits per heavy atom. The minimum atomic E-state index is -3.95. The van der Waals surface area contributed by atoms with Gasteiger partial charge in [-0.15, -0.1) is 0 Å². The molecule has 0 amide bonds. The van der Waals surface area contributed by atoms with Gasteiger partial charge >= 0.3 is 0 Å². The summed E-state index contributed by atoms with van der Waals surface area (Å²) in [5.74, 6) is -0.551. The van der Waals surface area contributed by atoms with Crippen molar-refractivity contribution in [1.82, 2.24) is 4.72 Å². The molecule has 0 aliphatic rings. The van der Waals surface area contributed by atoms with E-state index in [1.165, 1.54) is 24.3 Å². The fourth-order valence-corrected chi connectivity index (χ4v) is 4.19. The largest absolute Gasteiger partial charge is 0.280 e. The van der Waals surface area contributed by atoms with Crippen LogP contribution in [0.25, 0.3) is 0 Å². The lowest BCUT2D eigenvalue weighted by molar-refractivity contribution is 0.578. The number of rotatable bonds is 8. The van der Waals surface area contributed by atoms with Gasteiger partial charge in [0.15, 0.2) is 0 Å². The van der Waals surface area contributed by atoms with Gasteiger partial charge in [-0.05, 0) is 48.9 Å². The number of anilines is 1. The van der Waals surface area contributed by atoms with Crippen LogP contribution in [0.3, 0.4) is 0 Å². The molecule has 2 aromatic rings. The summed E-state index contributed by atoms with van der Waals surface area (Å²) >= 11 is 0. The Morgan fingerprint density at radius 3 is 2.24 bits per heavy atom. The van der Waals surface area contributed by atoms with Crippen LogP contribution >= 0.6 is 0 Å². The molecule has 0 atom stereocenters. The van der Waals surface area contributed by atoms with Crippen molar-refractivity contribution in [3.8, 4) is 0 Å². The molecule has 25 heavy (non-hydrogen) atoms. The van der Waals surface area contributed by atoms with Crippen LogP contribution in [-0.2, 0) is 20.0 Å². The molecule has 2 N–H and O–H groups in total. The predicted molar refractivity (Wildman–Crippen MR) is 93.7 cm³/mol. The lowest BCUT2D eigenvalue weighted by Crippen LogP contribution is -2.24. The van der Waals surface area contributed by atoms with E-state index in [4.69, 9.17) is 0 Å². The first-order chi connectivity index (χ1) is 11.7. The van der Waals surface area contributed by atoms with Crippen molar-refractivity contribution in [2.45, 2.75) is 29.6 Å². The summed E-state index contributed by atoms with van der Waals surface area (Å²) in [4.78, 5) is -0.161. The predicted octanol–water partition coefficient (Wildman–Crippen LogP) is 2.70. The normalized spacial score (nSPS) is 12.1. The Labute approximate surface area is 147 Å². The quantitative estimate of drug-likeness (QED) is 0.682. The van der Waals surface area contributed by atoms with Crippen LogP contribution in [0.15, 0.2) is 58.3 Å². The van der Waals surface area contributed by atoms with Crippen LogP contribution in [0.1, 0.15) is 19.8 Å². The first-order valence-electron chi connectivity index (χ1n) is 7.63. The smallest absolute Gasteiger partial charge is 0.261 e. The second-order valence-electron chi connectivity index (χ2n) is 5.34. The molecular weight excluding hydrogens is 367 g/mol. The number of nitrogens with one attached hydrogen (secondary N) is 2. The van der Waals surface area contributed by atoms with Gasteiger partial charge in [0.2, 0.25) is 10.0 Å². The number of unbranched alkanes of at least 4 members (excludes halogenated alkanes) is 1. The van der Waals surface area contributed by atoms with Crippen LogP contribution in [-0.4, -0.2) is 23.4 Å². The highest BCUT2D eigenvalue weighted by atomic mass is 32.2. The van der Waals surface area contributed by atoms with Crippen LogP contribution in [0.2, 0.25) is 0 Å². The molecule has 2 rings (SSSR count). The molecule has 0 aliphatic carbocycles. The van der Waals surface area contributed by atoms with Gasteiger partial charge in [-0.2, -0.15) is 0 Å². The van der Waals surface area contributed by atoms with Crippen LogP contribution < -0.4 is 9.44 Å². The van der Waals surface area contributed by atoms with Gasteiger partial charge in [-0.3, -0.25) is 4.72 Å². The zero-order valence-electron chi connectivity index (χ0n) is 13.6. The third kappa shape index (κ3) is 5.25. The van der Waals surface area contributed by atoms with E-state index in [1.807, 2.05) is 6.92 Å². The van der Waals surface area contributed by atoms with Crippen molar-refractivity contribution in [1.29, 1.82) is 0 Å². The summed E-state index contributed by atoms with van der Waals surface area (Å²) in [6, 6.07) is 9.82. The summed E-state index contributed by atoms with van der Waals surface area (Å²) in [6.07, 6.45) is 1.55. The fourth-order valence-electron chi connectivity index (χ4n) is 2.02. The van der Waals surface area contributed by atoms with Crippen molar-refractivity contribution in [3.05, 3.63) is 54.3 Å². The fraction of sp³-hybridized carbons (Fsp3) is 0.250. The molecule has 0 heterocycles. The average molecular weight is 386 g/mol. The molecule has 0 bridgehead atoms. The summed E-state index contributed by atoms with van der Waals surface area (Å²) < 4.78 is 66.7. The van der Waals surface area contributed by atoms with Gasteiger partial charge in [0.25, 0.3) is 10.0 Å². The number of halogens is 1. The van der Waals surface area contributed by atoms with E-state index in [2.05, 4.69) is 9.44 Å². The Kier molecular flexibility index (Phi) is 6.15. The van der Waals surface area contributed by atoms with Gasteiger partial charge in [0.1, 0.15) is 5.82 Å².